The van der Waals surface area contributed by atoms with Crippen molar-refractivity contribution in [3.05, 3.63) is 24.3 Å². The van der Waals surface area contributed by atoms with Crippen molar-refractivity contribution in [2.24, 2.45) is 0 Å². The van der Waals surface area contributed by atoms with Crippen molar-refractivity contribution in [3.63, 3.8) is 0 Å². The van der Waals surface area contributed by atoms with Gasteiger partial charge in [-0.3, -0.25) is 9.59 Å². The third-order valence-electron chi connectivity index (χ3n) is 18.3. The van der Waals surface area contributed by atoms with Gasteiger partial charge in [0.25, 0.3) is 0 Å². The Labute approximate surface area is 537 Å². The molecule has 0 aromatic rings. The molecule has 7 unspecified atom stereocenters. The molecule has 0 radical (unpaired) electrons. The van der Waals surface area contributed by atoms with Gasteiger partial charge in [-0.2, -0.15) is 0 Å². The highest BCUT2D eigenvalue weighted by Crippen LogP contribution is 2.24. The number of ether oxygens (including phenoxy) is 3. The normalized spacial score (nSPS) is 17.9. The van der Waals surface area contributed by atoms with Gasteiger partial charge in [0, 0.05) is 12.8 Å². The first kappa shape index (κ1) is 83.2. The Kier molecular flexibility index (Phi) is 62.7. The number of aliphatic hydroxyl groups excluding tert-OH is 5. The van der Waals surface area contributed by atoms with E-state index in [4.69, 9.17) is 14.2 Å². The van der Waals surface area contributed by atoms with Crippen LogP contribution < -0.4 is 5.32 Å². The van der Waals surface area contributed by atoms with Gasteiger partial charge in [-0.1, -0.05) is 353 Å². The van der Waals surface area contributed by atoms with Gasteiger partial charge in [0.2, 0.25) is 5.91 Å². The van der Waals surface area contributed by atoms with E-state index in [0.717, 1.165) is 51.4 Å². The molecule has 0 aromatic carbocycles. The third kappa shape index (κ3) is 54.4. The summed E-state index contributed by atoms with van der Waals surface area (Å²) >= 11 is 0. The van der Waals surface area contributed by atoms with E-state index in [0.29, 0.717) is 19.4 Å². The fourth-order valence-corrected chi connectivity index (χ4v) is 12.3. The maximum Gasteiger partial charge on any atom is 0.305 e. The van der Waals surface area contributed by atoms with Crippen molar-refractivity contribution in [1.82, 2.24) is 5.32 Å². The van der Waals surface area contributed by atoms with Crippen LogP contribution >= 0.6 is 0 Å². The lowest BCUT2D eigenvalue weighted by molar-refractivity contribution is -0.302. The number of aliphatic hydroxyl groups is 5. The van der Waals surface area contributed by atoms with E-state index in [1.165, 1.54) is 308 Å². The van der Waals surface area contributed by atoms with E-state index >= 15 is 0 Å². The first-order chi connectivity index (χ1) is 42.7. The third-order valence-corrected chi connectivity index (χ3v) is 18.3. The molecular formula is C76H145NO10. The molecule has 11 nitrogen and oxygen atoms in total. The summed E-state index contributed by atoms with van der Waals surface area (Å²) in [5.41, 5.74) is 0. The van der Waals surface area contributed by atoms with Crippen LogP contribution in [0, 0.1) is 0 Å². The first-order valence-corrected chi connectivity index (χ1v) is 38.1. The van der Waals surface area contributed by atoms with Crippen LogP contribution in [0.3, 0.4) is 0 Å². The largest absolute Gasteiger partial charge is 0.466 e. The number of amides is 1. The second-order valence-electron chi connectivity index (χ2n) is 26.7. The summed E-state index contributed by atoms with van der Waals surface area (Å²) in [5, 5.41) is 54.3. The zero-order valence-electron chi connectivity index (χ0n) is 57.3. The molecule has 0 spiro atoms. The molecule has 7 atom stereocenters. The van der Waals surface area contributed by atoms with Crippen LogP contribution in [0.1, 0.15) is 386 Å². The van der Waals surface area contributed by atoms with Gasteiger partial charge < -0.3 is 45.1 Å². The number of carbonyl (C=O) groups is 2. The van der Waals surface area contributed by atoms with Crippen molar-refractivity contribution >= 4 is 11.9 Å². The van der Waals surface area contributed by atoms with Crippen LogP contribution in [-0.4, -0.2) is 100 Å². The second-order valence-corrected chi connectivity index (χ2v) is 26.7. The monoisotopic (exact) mass is 1230 g/mol. The van der Waals surface area contributed by atoms with Crippen molar-refractivity contribution in [1.29, 1.82) is 0 Å². The molecule has 6 N–H and O–H groups in total. The summed E-state index contributed by atoms with van der Waals surface area (Å²) < 4.78 is 16.7. The summed E-state index contributed by atoms with van der Waals surface area (Å²) in [4.78, 5) is 25.1. The van der Waals surface area contributed by atoms with E-state index in [1.807, 2.05) is 6.08 Å². The molecule has 1 rings (SSSR count). The lowest BCUT2D eigenvalue weighted by atomic mass is 9.99. The lowest BCUT2D eigenvalue weighted by Crippen LogP contribution is -2.60. The van der Waals surface area contributed by atoms with Crippen molar-refractivity contribution in [3.8, 4) is 0 Å². The summed E-state index contributed by atoms with van der Waals surface area (Å²) in [5.74, 6) is -0.168. The standard InChI is InChI=1S/C76H145NO10/c1-3-5-7-9-11-13-15-44-48-52-56-60-64-72(81)85-65-61-57-53-49-45-42-40-38-36-34-32-30-28-26-24-22-20-18-16-17-19-21-23-25-27-29-31-33-35-37-39-41-43-47-51-55-59-63-71(80)77-68(67-86-76-75(84)74(83)73(82)70(66-78)87-76)69(79)62-58-54-50-46-14-12-10-8-6-4-2/h14,46,58,62,68-70,73-76,78-79,82-84H,3-13,15-45,47-57,59-61,63-67H2,1-2H3,(H,77,80)/b46-14+,62-58+. The number of allylic oxidation sites excluding steroid dienone is 3. The van der Waals surface area contributed by atoms with E-state index < -0.39 is 49.5 Å². The minimum Gasteiger partial charge on any atom is -0.466 e. The van der Waals surface area contributed by atoms with Crippen LogP contribution in [-0.2, 0) is 23.8 Å². The first-order valence-electron chi connectivity index (χ1n) is 38.1. The molecule has 0 bridgehead atoms. The smallest absolute Gasteiger partial charge is 0.305 e. The summed E-state index contributed by atoms with van der Waals surface area (Å²) in [6.07, 6.45) is 73.7. The number of rotatable bonds is 68. The maximum absolute atomic E-state index is 13.0. The molecule has 11 heteroatoms. The van der Waals surface area contributed by atoms with Crippen LogP contribution in [0.5, 0.6) is 0 Å². The topological polar surface area (TPSA) is 175 Å². The van der Waals surface area contributed by atoms with Gasteiger partial charge in [-0.15, -0.1) is 0 Å². The lowest BCUT2D eigenvalue weighted by Gasteiger charge is -2.40. The summed E-state index contributed by atoms with van der Waals surface area (Å²) in [7, 11) is 0. The van der Waals surface area contributed by atoms with Crippen LogP contribution in [0.2, 0.25) is 0 Å². The number of hydrogen-bond acceptors (Lipinski definition) is 10. The highest BCUT2D eigenvalue weighted by Gasteiger charge is 2.44. The van der Waals surface area contributed by atoms with Crippen LogP contribution in [0.4, 0.5) is 0 Å². The van der Waals surface area contributed by atoms with Gasteiger partial charge in [0.15, 0.2) is 6.29 Å². The molecule has 1 aliphatic heterocycles. The minimum absolute atomic E-state index is 0.0184. The number of nitrogens with one attached hydrogen (secondary N) is 1. The van der Waals surface area contributed by atoms with E-state index in [2.05, 4.69) is 31.3 Å². The SMILES string of the molecule is CCCCCC/C=C/CC/C=C/C(O)C(COC1OC(CO)C(O)C(O)C1O)NC(=O)CCCCCCCCCCCCCCCCCCCCCCCCCCCCCCCCCCCCCCCOC(=O)CCCCCCCCCCCCCC. The predicted octanol–water partition coefficient (Wildman–Crippen LogP) is 20.0. The van der Waals surface area contributed by atoms with Crippen molar-refractivity contribution in [2.75, 3.05) is 19.8 Å². The van der Waals surface area contributed by atoms with Crippen molar-refractivity contribution < 1.29 is 49.3 Å². The van der Waals surface area contributed by atoms with Crippen LogP contribution in [0.15, 0.2) is 24.3 Å². The highest BCUT2D eigenvalue weighted by molar-refractivity contribution is 5.76. The molecule has 1 saturated heterocycles. The molecule has 1 aliphatic rings. The van der Waals surface area contributed by atoms with Gasteiger partial charge in [-0.05, 0) is 44.9 Å². The Balaban J connectivity index is 1.87. The average molecular weight is 1230 g/mol. The van der Waals surface area contributed by atoms with E-state index in [1.54, 1.807) is 6.08 Å². The summed E-state index contributed by atoms with van der Waals surface area (Å²) in [6.45, 7) is 4.34. The Bertz CT molecular complexity index is 1490. The van der Waals surface area contributed by atoms with Crippen molar-refractivity contribution in [2.45, 2.75) is 429 Å². The molecule has 0 aliphatic carbocycles. The predicted molar refractivity (Wildman–Crippen MR) is 366 cm³/mol. The number of unbranched alkanes of at least 4 members (excludes halogenated alkanes) is 52. The van der Waals surface area contributed by atoms with E-state index in [9.17, 15) is 35.1 Å². The fraction of sp³-hybridized carbons (Fsp3) is 0.921. The minimum atomic E-state index is -1.57. The number of carbonyl (C=O) groups excluding carboxylic acids is 2. The van der Waals surface area contributed by atoms with Gasteiger partial charge >= 0.3 is 5.97 Å². The Morgan fingerprint density at radius 3 is 1.14 bits per heavy atom. The molecule has 87 heavy (non-hydrogen) atoms. The van der Waals surface area contributed by atoms with E-state index in [-0.39, 0.29) is 18.5 Å². The molecular weight excluding hydrogens is 1090 g/mol. The van der Waals surface area contributed by atoms with Crippen LogP contribution in [0.25, 0.3) is 0 Å². The van der Waals surface area contributed by atoms with Gasteiger partial charge in [0.1, 0.15) is 24.4 Å². The second kappa shape index (κ2) is 65.6. The number of hydrogen-bond donors (Lipinski definition) is 6. The maximum atomic E-state index is 13.0. The fourth-order valence-electron chi connectivity index (χ4n) is 12.3. The van der Waals surface area contributed by atoms with Gasteiger partial charge in [0.05, 0.1) is 32.0 Å². The molecule has 0 aromatic heterocycles. The molecule has 1 heterocycles. The molecule has 1 fully saturated rings. The zero-order chi connectivity index (χ0) is 63.0. The molecule has 0 saturated carbocycles. The molecule has 1 amide bonds. The average Bonchev–Trinajstić information content (AvgIpc) is 3.72. The molecule has 514 valence electrons. The number of esters is 1. The Morgan fingerprint density at radius 2 is 0.747 bits per heavy atom. The quantitative estimate of drug-likeness (QED) is 0.0195. The Hall–Kier alpha value is -1.86. The zero-order valence-corrected chi connectivity index (χ0v) is 57.3. The highest BCUT2D eigenvalue weighted by atomic mass is 16.7. The van der Waals surface area contributed by atoms with Gasteiger partial charge in [-0.25, -0.2) is 0 Å². The summed E-state index contributed by atoms with van der Waals surface area (Å²) in [6, 6.07) is -0.822. The Morgan fingerprint density at radius 1 is 0.414 bits per heavy atom.